The van der Waals surface area contributed by atoms with E-state index in [1.165, 1.54) is 47.1 Å². The zero-order valence-electron chi connectivity index (χ0n) is 19.8. The minimum Gasteiger partial charge on any atom is -0.330 e. The molecule has 7 nitrogen and oxygen atoms in total. The number of nitrogens with zero attached hydrogens (tertiary/aromatic N) is 1. The van der Waals surface area contributed by atoms with Crippen LogP contribution in [0.3, 0.4) is 0 Å². The Labute approximate surface area is 218 Å². The Morgan fingerprint density at radius 2 is 1.71 bits per heavy atom. The summed E-state index contributed by atoms with van der Waals surface area (Å²) >= 11 is 0.940. The minimum atomic E-state index is -4.70. The van der Waals surface area contributed by atoms with Crippen molar-refractivity contribution in [1.82, 2.24) is 10.2 Å². The molecule has 0 spiro atoms. The molecular formula is C26H21F4N4O3S+. The van der Waals surface area contributed by atoms with Gasteiger partial charge in [0.1, 0.15) is 6.17 Å². The van der Waals surface area contributed by atoms with E-state index < -0.39 is 47.9 Å². The molecule has 38 heavy (non-hydrogen) atoms. The summed E-state index contributed by atoms with van der Waals surface area (Å²) in [6, 6.07) is 12.0. The zero-order chi connectivity index (χ0) is 27.6. The van der Waals surface area contributed by atoms with Crippen molar-refractivity contribution in [2.45, 2.75) is 18.8 Å². The van der Waals surface area contributed by atoms with E-state index in [4.69, 9.17) is 5.41 Å². The summed E-state index contributed by atoms with van der Waals surface area (Å²) < 4.78 is 55.1. The molecule has 0 saturated carbocycles. The van der Waals surface area contributed by atoms with Crippen LogP contribution in [0.25, 0.3) is 5.70 Å². The fraction of sp³-hybridized carbons (Fsp3) is 0.154. The number of nitrogens with one attached hydrogen (secondary N) is 2. The SMILES string of the molecule is C[NH2+]C(=C(F)C=N)c1csc(C(=O)NC(Cc2ccccc2C(F)(F)F)N2C(=O)c3ccccc3C2=O)c1. The number of amides is 3. The maximum Gasteiger partial charge on any atom is 0.416 e. The third kappa shape index (κ3) is 5.13. The highest BCUT2D eigenvalue weighted by Gasteiger charge is 2.42. The Morgan fingerprint density at radius 3 is 2.29 bits per heavy atom. The molecule has 1 aliphatic heterocycles. The van der Waals surface area contributed by atoms with Gasteiger partial charge in [0, 0.05) is 11.8 Å². The van der Waals surface area contributed by atoms with Crippen molar-refractivity contribution in [3.8, 4) is 0 Å². The molecule has 0 fully saturated rings. The Kier molecular flexibility index (Phi) is 7.56. The number of imide groups is 1. The van der Waals surface area contributed by atoms with Crippen LogP contribution in [0.4, 0.5) is 17.6 Å². The first kappa shape index (κ1) is 26.9. The second kappa shape index (κ2) is 10.7. The number of thiophene rings is 1. The first-order valence-electron chi connectivity index (χ1n) is 11.3. The third-order valence-corrected chi connectivity index (χ3v) is 6.91. The molecule has 2 heterocycles. The maximum atomic E-state index is 14.0. The molecule has 0 radical (unpaired) electrons. The standard InChI is InChI=1S/C26H20F4N4O3S/c1-32-22(19(27)12-31)15-10-20(38-13-15)23(35)33-21(11-14-6-2-5-9-18(14)26(28,29)30)34-24(36)16-7-3-4-8-17(16)25(34)37/h2-10,12-13,21,31-32H,11H2,1H3,(H,33,35)/p+1. The van der Waals surface area contributed by atoms with Gasteiger partial charge in [-0.25, -0.2) is 0 Å². The number of halogens is 4. The van der Waals surface area contributed by atoms with Gasteiger partial charge >= 0.3 is 6.18 Å². The van der Waals surface area contributed by atoms with E-state index in [1.807, 2.05) is 0 Å². The quantitative estimate of drug-likeness (QED) is 0.228. The highest BCUT2D eigenvalue weighted by molar-refractivity contribution is 7.12. The van der Waals surface area contributed by atoms with Crippen LogP contribution in [0.2, 0.25) is 0 Å². The number of hydrogen-bond donors (Lipinski definition) is 3. The predicted octanol–water partition coefficient (Wildman–Crippen LogP) is 3.84. The summed E-state index contributed by atoms with van der Waals surface area (Å²) in [5.74, 6) is -3.07. The molecule has 2 aromatic carbocycles. The normalized spacial score (nSPS) is 14.7. The zero-order valence-corrected chi connectivity index (χ0v) is 20.6. The van der Waals surface area contributed by atoms with Gasteiger partial charge in [-0.15, -0.1) is 11.3 Å². The first-order valence-corrected chi connectivity index (χ1v) is 12.2. The van der Waals surface area contributed by atoms with Gasteiger partial charge in [0.25, 0.3) is 17.7 Å². The average molecular weight is 546 g/mol. The van der Waals surface area contributed by atoms with Crippen molar-refractivity contribution in [3.05, 3.63) is 98.5 Å². The lowest BCUT2D eigenvalue weighted by molar-refractivity contribution is -0.531. The number of carbonyl (C=O) groups is 3. The van der Waals surface area contributed by atoms with Crippen LogP contribution < -0.4 is 10.6 Å². The number of alkyl halides is 3. The fourth-order valence-electron chi connectivity index (χ4n) is 4.22. The van der Waals surface area contributed by atoms with Crippen LogP contribution in [0.1, 0.15) is 47.1 Å². The molecule has 3 amide bonds. The summed E-state index contributed by atoms with van der Waals surface area (Å²) in [5, 5.41) is 12.6. The first-order chi connectivity index (χ1) is 18.1. The second-order valence-corrected chi connectivity index (χ2v) is 9.18. The van der Waals surface area contributed by atoms with Gasteiger partial charge in [-0.1, -0.05) is 30.3 Å². The maximum absolute atomic E-state index is 14.0. The highest BCUT2D eigenvalue weighted by Crippen LogP contribution is 2.33. The Bertz CT molecular complexity index is 1430. The molecule has 0 bridgehead atoms. The van der Waals surface area contributed by atoms with Gasteiger partial charge < -0.3 is 16.0 Å². The molecular weight excluding hydrogens is 524 g/mol. The molecule has 0 aliphatic carbocycles. The second-order valence-electron chi connectivity index (χ2n) is 8.27. The monoisotopic (exact) mass is 545 g/mol. The average Bonchev–Trinajstić information content (AvgIpc) is 3.47. The molecule has 1 unspecified atom stereocenters. The van der Waals surface area contributed by atoms with Crippen LogP contribution in [0.15, 0.2) is 65.8 Å². The fourth-order valence-corrected chi connectivity index (χ4v) is 5.03. The van der Waals surface area contributed by atoms with E-state index in [9.17, 15) is 31.9 Å². The molecule has 4 N–H and O–H groups in total. The van der Waals surface area contributed by atoms with Gasteiger partial charge in [-0.05, 0) is 29.8 Å². The van der Waals surface area contributed by atoms with Crippen molar-refractivity contribution in [3.63, 3.8) is 0 Å². The van der Waals surface area contributed by atoms with Gasteiger partial charge in [0.2, 0.25) is 5.83 Å². The number of carbonyl (C=O) groups excluding carboxylic acids is 3. The van der Waals surface area contributed by atoms with Crippen molar-refractivity contribution in [1.29, 1.82) is 5.41 Å². The Hall–Kier alpha value is -4.16. The molecule has 12 heteroatoms. The number of nitrogens with two attached hydrogens (primary N) is 1. The molecule has 1 aromatic heterocycles. The Balaban J connectivity index is 1.71. The van der Waals surface area contributed by atoms with Crippen LogP contribution in [0, 0.1) is 5.41 Å². The molecule has 1 atom stereocenters. The molecule has 4 rings (SSSR count). The van der Waals surface area contributed by atoms with E-state index >= 15 is 0 Å². The molecule has 3 aromatic rings. The van der Waals surface area contributed by atoms with Gasteiger partial charge in [-0.3, -0.25) is 19.3 Å². The summed E-state index contributed by atoms with van der Waals surface area (Å²) in [6.07, 6.45) is -6.12. The summed E-state index contributed by atoms with van der Waals surface area (Å²) in [5.41, 5.74) is -0.601. The molecule has 1 aliphatic rings. The van der Waals surface area contributed by atoms with Crippen molar-refractivity contribution < 1.29 is 37.3 Å². The lowest BCUT2D eigenvalue weighted by Crippen LogP contribution is -2.76. The Morgan fingerprint density at radius 1 is 1.11 bits per heavy atom. The number of hydrogen-bond acceptors (Lipinski definition) is 5. The van der Waals surface area contributed by atoms with Crippen molar-refractivity contribution >= 4 is 41.0 Å². The lowest BCUT2D eigenvalue weighted by Gasteiger charge is -2.28. The number of fused-ring (bicyclic) bond motifs is 1. The van der Waals surface area contributed by atoms with E-state index in [1.54, 1.807) is 19.2 Å². The number of allylic oxidation sites excluding steroid dienone is 1. The minimum absolute atomic E-state index is 0.0721. The van der Waals surface area contributed by atoms with Gasteiger partial charge in [0.15, 0.2) is 5.70 Å². The summed E-state index contributed by atoms with van der Waals surface area (Å²) in [4.78, 5) is 40.3. The van der Waals surface area contributed by atoms with Crippen molar-refractivity contribution in [2.75, 3.05) is 7.05 Å². The van der Waals surface area contributed by atoms with E-state index in [-0.39, 0.29) is 27.3 Å². The van der Waals surface area contributed by atoms with E-state index in [0.717, 1.165) is 22.3 Å². The lowest BCUT2D eigenvalue weighted by atomic mass is 10.0. The largest absolute Gasteiger partial charge is 0.416 e. The third-order valence-electron chi connectivity index (χ3n) is 5.98. The molecule has 196 valence electrons. The summed E-state index contributed by atoms with van der Waals surface area (Å²) in [6.45, 7) is 0. The summed E-state index contributed by atoms with van der Waals surface area (Å²) in [7, 11) is 1.56. The predicted molar refractivity (Wildman–Crippen MR) is 132 cm³/mol. The van der Waals surface area contributed by atoms with Crippen LogP contribution in [0.5, 0.6) is 0 Å². The van der Waals surface area contributed by atoms with Crippen LogP contribution in [-0.2, 0) is 12.6 Å². The van der Waals surface area contributed by atoms with E-state index in [2.05, 4.69) is 5.32 Å². The smallest absolute Gasteiger partial charge is 0.330 e. The van der Waals surface area contributed by atoms with Crippen LogP contribution >= 0.6 is 11.3 Å². The van der Waals surface area contributed by atoms with Gasteiger partial charge in [-0.2, -0.15) is 17.6 Å². The number of rotatable bonds is 8. The van der Waals surface area contributed by atoms with E-state index in [0.29, 0.717) is 11.8 Å². The topological polar surface area (TPSA) is 107 Å². The van der Waals surface area contributed by atoms with Crippen molar-refractivity contribution in [2.24, 2.45) is 0 Å². The molecule has 0 saturated heterocycles. The number of benzene rings is 2. The van der Waals surface area contributed by atoms with Gasteiger partial charge in [0.05, 0.1) is 40.4 Å². The number of quaternary nitrogens is 1. The van der Waals surface area contributed by atoms with Crippen LogP contribution in [-0.4, -0.2) is 42.0 Å². The highest BCUT2D eigenvalue weighted by atomic mass is 32.1.